The number of methoxy groups -OCH3 is 2. The first-order chi connectivity index (χ1) is 13.8. The Bertz CT molecular complexity index is 863. The van der Waals surface area contributed by atoms with Crippen molar-refractivity contribution in [2.75, 3.05) is 19.5 Å². The Morgan fingerprint density at radius 1 is 1.21 bits per heavy atom. The van der Waals surface area contributed by atoms with E-state index in [2.05, 4.69) is 19.8 Å². The van der Waals surface area contributed by atoms with Crippen LogP contribution in [0.2, 0.25) is 0 Å². The fourth-order valence-corrected chi connectivity index (χ4v) is 2.58. The maximum absolute atomic E-state index is 12.5. The molecule has 1 N–H and O–H groups in total. The normalized spacial score (nSPS) is 17.7. The average molecular weight is 408 g/mol. The summed E-state index contributed by atoms with van der Waals surface area (Å²) >= 11 is 0. The number of carbonyl (C=O) groups excluding carboxylic acids is 2. The second kappa shape index (κ2) is 10.5. The van der Waals surface area contributed by atoms with Gasteiger partial charge < -0.3 is 19.5 Å². The Hall–Kier alpha value is -3.07. The fourth-order valence-electron chi connectivity index (χ4n) is 2.58. The molecule has 2 heterocycles. The first-order valence-electron chi connectivity index (χ1n) is 8.84. The van der Waals surface area contributed by atoms with Gasteiger partial charge in [0.1, 0.15) is 11.8 Å². The van der Waals surface area contributed by atoms with Crippen molar-refractivity contribution >= 4 is 17.6 Å². The molecular formula is C20H22F2N2O5. The van der Waals surface area contributed by atoms with Gasteiger partial charge in [0, 0.05) is 11.9 Å². The van der Waals surface area contributed by atoms with E-state index in [-0.39, 0.29) is 23.5 Å². The van der Waals surface area contributed by atoms with Crippen molar-refractivity contribution in [3.8, 4) is 5.75 Å². The van der Waals surface area contributed by atoms with E-state index >= 15 is 0 Å². The van der Waals surface area contributed by atoms with Crippen molar-refractivity contribution < 1.29 is 32.6 Å². The first-order valence-corrected chi connectivity index (χ1v) is 8.84. The molecule has 7 nitrogen and oxygen atoms in total. The highest BCUT2D eigenvalue weighted by atomic mass is 19.2. The topological polar surface area (TPSA) is 86.8 Å². The fraction of sp³-hybridized carbons (Fsp3) is 0.350. The molecular weight excluding hydrogens is 386 g/mol. The highest BCUT2D eigenvalue weighted by Crippen LogP contribution is 2.21. The zero-order valence-corrected chi connectivity index (χ0v) is 16.3. The van der Waals surface area contributed by atoms with Gasteiger partial charge in [-0.05, 0) is 44.0 Å². The summed E-state index contributed by atoms with van der Waals surface area (Å²) in [7, 11) is 2.57. The molecule has 9 heteroatoms. The molecule has 1 aliphatic heterocycles. The lowest BCUT2D eigenvalue weighted by atomic mass is 10.2. The second-order valence-corrected chi connectivity index (χ2v) is 6.18. The molecule has 0 spiro atoms. The highest BCUT2D eigenvalue weighted by Gasteiger charge is 2.28. The van der Waals surface area contributed by atoms with Crippen molar-refractivity contribution in [1.29, 1.82) is 0 Å². The third-order valence-corrected chi connectivity index (χ3v) is 4.08. The molecule has 2 aromatic rings. The molecule has 29 heavy (non-hydrogen) atoms. The molecule has 1 aromatic carbocycles. The smallest absolute Gasteiger partial charge is 0.356 e. The van der Waals surface area contributed by atoms with Gasteiger partial charge >= 0.3 is 5.97 Å². The third kappa shape index (κ3) is 6.21. The van der Waals surface area contributed by atoms with Crippen LogP contribution < -0.4 is 10.1 Å². The number of hydrogen-bond donors (Lipinski definition) is 1. The summed E-state index contributed by atoms with van der Waals surface area (Å²) in [5.41, 5.74) is 0.657. The maximum atomic E-state index is 12.5. The van der Waals surface area contributed by atoms with Crippen molar-refractivity contribution in [3.63, 3.8) is 0 Å². The van der Waals surface area contributed by atoms with E-state index in [1.165, 1.54) is 38.6 Å². The van der Waals surface area contributed by atoms with Crippen LogP contribution in [0.4, 0.5) is 14.5 Å². The number of pyridine rings is 1. The van der Waals surface area contributed by atoms with Crippen molar-refractivity contribution in [3.05, 3.63) is 53.9 Å². The minimum Gasteiger partial charge on any atom is -0.494 e. The number of aromatic nitrogens is 1. The molecule has 0 radical (unpaired) electrons. The Balaban J connectivity index is 0.000000253. The quantitative estimate of drug-likeness (QED) is 0.781. The Kier molecular flexibility index (Phi) is 8.02. The van der Waals surface area contributed by atoms with Crippen LogP contribution in [0.25, 0.3) is 0 Å². The molecule has 1 aromatic heterocycles. The molecule has 3 rings (SSSR count). The van der Waals surface area contributed by atoms with Gasteiger partial charge in [-0.1, -0.05) is 6.07 Å². The molecule has 0 saturated carbocycles. The van der Waals surface area contributed by atoms with Crippen LogP contribution in [0.3, 0.4) is 0 Å². The predicted octanol–water partition coefficient (Wildman–Crippen LogP) is 3.35. The minimum absolute atomic E-state index is 0.0694. The molecule has 2 unspecified atom stereocenters. The third-order valence-electron chi connectivity index (χ3n) is 4.08. The summed E-state index contributed by atoms with van der Waals surface area (Å²) in [5, 5.41) is 2.71. The SMILES string of the molecule is COC(=O)c1cc(NC(=O)C2CCC(C)O2)ccn1.COc1cccc(F)c1F. The van der Waals surface area contributed by atoms with Crippen LogP contribution in [0.1, 0.15) is 30.3 Å². The zero-order chi connectivity index (χ0) is 21.4. The predicted molar refractivity (Wildman–Crippen MR) is 101 cm³/mol. The summed E-state index contributed by atoms with van der Waals surface area (Å²) < 4.78 is 39.4. The van der Waals surface area contributed by atoms with E-state index in [1.807, 2.05) is 6.92 Å². The molecule has 156 valence electrons. The average Bonchev–Trinajstić information content (AvgIpc) is 3.16. The van der Waals surface area contributed by atoms with Gasteiger partial charge in [0.05, 0.1) is 20.3 Å². The number of halogens is 2. The first kappa shape index (κ1) is 22.2. The van der Waals surface area contributed by atoms with Crippen molar-refractivity contribution in [2.24, 2.45) is 0 Å². The van der Waals surface area contributed by atoms with Crippen LogP contribution >= 0.6 is 0 Å². The Morgan fingerprint density at radius 2 is 1.97 bits per heavy atom. The van der Waals surface area contributed by atoms with Crippen LogP contribution in [0.5, 0.6) is 5.75 Å². The van der Waals surface area contributed by atoms with E-state index in [1.54, 1.807) is 6.07 Å². The number of amides is 1. The van der Waals surface area contributed by atoms with E-state index in [9.17, 15) is 18.4 Å². The number of anilines is 1. The van der Waals surface area contributed by atoms with Crippen LogP contribution in [0.15, 0.2) is 36.5 Å². The van der Waals surface area contributed by atoms with E-state index in [4.69, 9.17) is 4.74 Å². The monoisotopic (exact) mass is 408 g/mol. The van der Waals surface area contributed by atoms with Gasteiger partial charge in [-0.15, -0.1) is 0 Å². The zero-order valence-electron chi connectivity index (χ0n) is 16.3. The summed E-state index contributed by atoms with van der Waals surface area (Å²) in [6.07, 6.45) is 2.72. The molecule has 1 fully saturated rings. The van der Waals surface area contributed by atoms with Gasteiger partial charge in [0.15, 0.2) is 11.6 Å². The molecule has 1 saturated heterocycles. The molecule has 1 amide bonds. The van der Waals surface area contributed by atoms with Crippen molar-refractivity contribution in [2.45, 2.75) is 32.0 Å². The maximum Gasteiger partial charge on any atom is 0.356 e. The van der Waals surface area contributed by atoms with Crippen molar-refractivity contribution in [1.82, 2.24) is 4.98 Å². The minimum atomic E-state index is -0.940. The molecule has 0 aliphatic carbocycles. The summed E-state index contributed by atoms with van der Waals surface area (Å²) in [4.78, 5) is 27.1. The lowest BCUT2D eigenvalue weighted by Gasteiger charge is -2.11. The summed E-state index contributed by atoms with van der Waals surface area (Å²) in [6.45, 7) is 1.94. The molecule has 1 aliphatic rings. The highest BCUT2D eigenvalue weighted by molar-refractivity contribution is 5.95. The second-order valence-electron chi connectivity index (χ2n) is 6.18. The largest absolute Gasteiger partial charge is 0.494 e. The Labute approximate surface area is 167 Å². The summed E-state index contributed by atoms with van der Waals surface area (Å²) in [5.74, 6) is -2.64. The number of ether oxygens (including phenoxy) is 3. The molecule has 0 bridgehead atoms. The van der Waals surface area contributed by atoms with E-state index in [0.717, 1.165) is 12.5 Å². The number of rotatable bonds is 4. The van der Waals surface area contributed by atoms with Gasteiger partial charge in [-0.3, -0.25) is 4.79 Å². The lowest BCUT2D eigenvalue weighted by molar-refractivity contribution is -0.126. The van der Waals surface area contributed by atoms with Crippen LogP contribution in [-0.4, -0.2) is 43.3 Å². The number of esters is 1. The van der Waals surface area contributed by atoms with Crippen LogP contribution in [-0.2, 0) is 14.3 Å². The van der Waals surface area contributed by atoms with Gasteiger partial charge in [-0.2, -0.15) is 4.39 Å². The lowest BCUT2D eigenvalue weighted by Crippen LogP contribution is -2.27. The number of hydrogen-bond acceptors (Lipinski definition) is 6. The van der Waals surface area contributed by atoms with E-state index < -0.39 is 23.7 Å². The number of nitrogens with zero attached hydrogens (tertiary/aromatic N) is 1. The van der Waals surface area contributed by atoms with E-state index in [0.29, 0.717) is 12.1 Å². The van der Waals surface area contributed by atoms with Gasteiger partial charge in [0.2, 0.25) is 5.82 Å². The van der Waals surface area contributed by atoms with Gasteiger partial charge in [0.25, 0.3) is 5.91 Å². The molecule has 2 atom stereocenters. The standard InChI is InChI=1S/C13H16N2O4.C7H6F2O/c1-8-3-4-11(19-8)12(16)15-9-5-6-14-10(7-9)13(17)18-2;1-10-6-4-2-3-5(8)7(6)9/h5-8,11H,3-4H2,1-2H3,(H,14,15,16);2-4H,1H3. The number of benzene rings is 1. The van der Waals surface area contributed by atoms with Gasteiger partial charge in [-0.25, -0.2) is 14.2 Å². The van der Waals surface area contributed by atoms with Crippen LogP contribution in [0, 0.1) is 11.6 Å². The Morgan fingerprint density at radius 3 is 2.55 bits per heavy atom. The number of carbonyl (C=O) groups is 2. The summed E-state index contributed by atoms with van der Waals surface area (Å²) in [6, 6.07) is 6.87. The number of nitrogens with one attached hydrogen (secondary N) is 1.